The molecule has 1 aliphatic rings. The van der Waals surface area contributed by atoms with Crippen molar-refractivity contribution < 1.29 is 18.4 Å². The predicted octanol–water partition coefficient (Wildman–Crippen LogP) is 1.80. The zero-order chi connectivity index (χ0) is 13.5. The Morgan fingerprint density at radius 1 is 1.22 bits per heavy atom. The van der Waals surface area contributed by atoms with Crippen molar-refractivity contribution in [2.45, 2.75) is 25.9 Å². The van der Waals surface area contributed by atoms with Crippen molar-refractivity contribution in [3.05, 3.63) is 35.4 Å². The number of nitrogens with one attached hydrogen (secondary N) is 1. The molecule has 18 heavy (non-hydrogen) atoms. The van der Waals surface area contributed by atoms with Crippen LogP contribution in [0, 0.1) is 11.6 Å². The second-order valence-corrected chi connectivity index (χ2v) is 4.65. The first-order valence-electron chi connectivity index (χ1n) is 5.39. The topological polar surface area (TPSA) is 49.4 Å². The monoisotopic (exact) mass is 254 g/mol. The van der Waals surface area contributed by atoms with E-state index in [0.29, 0.717) is 5.56 Å². The van der Waals surface area contributed by atoms with E-state index in [0.717, 1.165) is 12.1 Å². The van der Waals surface area contributed by atoms with Gasteiger partial charge >= 0.3 is 6.03 Å². The molecule has 1 aromatic rings. The minimum absolute atomic E-state index is 0.0434. The second kappa shape index (κ2) is 4.04. The molecule has 4 nitrogen and oxygen atoms in total. The van der Waals surface area contributed by atoms with Crippen molar-refractivity contribution in [1.82, 2.24) is 10.2 Å². The highest BCUT2D eigenvalue weighted by Crippen LogP contribution is 2.23. The van der Waals surface area contributed by atoms with Crippen molar-refractivity contribution >= 4 is 11.9 Å². The van der Waals surface area contributed by atoms with Gasteiger partial charge in [-0.3, -0.25) is 10.1 Å². The Kier molecular flexibility index (Phi) is 2.80. The van der Waals surface area contributed by atoms with Gasteiger partial charge in [-0.1, -0.05) is 6.07 Å². The normalized spacial score (nSPS) is 18.1. The van der Waals surface area contributed by atoms with Crippen LogP contribution in [-0.4, -0.2) is 22.4 Å². The van der Waals surface area contributed by atoms with E-state index in [9.17, 15) is 18.4 Å². The van der Waals surface area contributed by atoms with Gasteiger partial charge in [0.2, 0.25) is 0 Å². The molecule has 1 aromatic carbocycles. The number of imide groups is 1. The van der Waals surface area contributed by atoms with Gasteiger partial charge in [0.15, 0.2) is 11.6 Å². The molecule has 3 amide bonds. The Hall–Kier alpha value is -1.98. The molecule has 0 aliphatic carbocycles. The number of hydrogen-bond donors (Lipinski definition) is 1. The van der Waals surface area contributed by atoms with Crippen LogP contribution < -0.4 is 5.32 Å². The van der Waals surface area contributed by atoms with E-state index in [1.54, 1.807) is 13.8 Å². The quantitative estimate of drug-likeness (QED) is 0.818. The molecule has 1 aliphatic heterocycles. The lowest BCUT2D eigenvalue weighted by molar-refractivity contribution is -0.125. The fourth-order valence-electron chi connectivity index (χ4n) is 1.78. The van der Waals surface area contributed by atoms with Gasteiger partial charge in [-0.25, -0.2) is 13.6 Å². The van der Waals surface area contributed by atoms with Gasteiger partial charge in [0.25, 0.3) is 5.91 Å². The summed E-state index contributed by atoms with van der Waals surface area (Å²) in [6.07, 6.45) is 0. The average molecular weight is 254 g/mol. The maximum atomic E-state index is 13.1. The van der Waals surface area contributed by atoms with E-state index in [1.807, 2.05) is 0 Å². The lowest BCUT2D eigenvalue weighted by Crippen LogP contribution is -2.43. The molecule has 0 saturated carbocycles. The standard InChI is InChI=1S/C12H12F2N2O2/c1-12(2)10(17)15-11(18)16(12)6-7-3-4-8(13)9(14)5-7/h3-5H,6H2,1-2H3,(H,15,17,18). The molecule has 6 heteroatoms. The molecule has 96 valence electrons. The molecular weight excluding hydrogens is 242 g/mol. The van der Waals surface area contributed by atoms with E-state index in [1.165, 1.54) is 11.0 Å². The van der Waals surface area contributed by atoms with Crippen LogP contribution in [0.5, 0.6) is 0 Å². The number of hydrogen-bond acceptors (Lipinski definition) is 2. The first-order valence-corrected chi connectivity index (χ1v) is 5.39. The predicted molar refractivity (Wildman–Crippen MR) is 59.5 cm³/mol. The van der Waals surface area contributed by atoms with Gasteiger partial charge in [-0.2, -0.15) is 0 Å². The maximum Gasteiger partial charge on any atom is 0.325 e. The first-order chi connectivity index (χ1) is 8.32. The van der Waals surface area contributed by atoms with Crippen LogP contribution in [0.4, 0.5) is 13.6 Å². The van der Waals surface area contributed by atoms with Gasteiger partial charge < -0.3 is 4.90 Å². The van der Waals surface area contributed by atoms with Crippen LogP contribution in [0.2, 0.25) is 0 Å². The second-order valence-electron chi connectivity index (χ2n) is 4.65. The summed E-state index contributed by atoms with van der Waals surface area (Å²) >= 11 is 0. The highest BCUT2D eigenvalue weighted by Gasteiger charge is 2.45. The third-order valence-corrected chi connectivity index (χ3v) is 3.02. The third-order valence-electron chi connectivity index (χ3n) is 3.02. The first kappa shape index (κ1) is 12.5. The van der Waals surface area contributed by atoms with Crippen LogP contribution in [0.3, 0.4) is 0 Å². The maximum absolute atomic E-state index is 13.1. The van der Waals surface area contributed by atoms with Crippen LogP contribution in [0.25, 0.3) is 0 Å². The summed E-state index contributed by atoms with van der Waals surface area (Å²) in [5.41, 5.74) is -0.575. The van der Waals surface area contributed by atoms with Crippen molar-refractivity contribution in [3.63, 3.8) is 0 Å². The number of amides is 3. The Bertz CT molecular complexity index is 529. The summed E-state index contributed by atoms with van der Waals surface area (Å²) < 4.78 is 25.8. The highest BCUT2D eigenvalue weighted by molar-refractivity contribution is 6.06. The molecule has 0 bridgehead atoms. The molecule has 0 unspecified atom stereocenters. The zero-order valence-corrected chi connectivity index (χ0v) is 9.96. The molecule has 0 spiro atoms. The van der Waals surface area contributed by atoms with E-state index >= 15 is 0 Å². The number of halogens is 2. The lowest BCUT2D eigenvalue weighted by Gasteiger charge is -2.27. The number of nitrogens with zero attached hydrogens (tertiary/aromatic N) is 1. The van der Waals surface area contributed by atoms with Crippen LogP contribution in [-0.2, 0) is 11.3 Å². The fraction of sp³-hybridized carbons (Fsp3) is 0.333. The van der Waals surface area contributed by atoms with Crippen molar-refractivity contribution in [3.8, 4) is 0 Å². The van der Waals surface area contributed by atoms with E-state index in [4.69, 9.17) is 0 Å². The molecular formula is C12H12F2N2O2. The van der Waals surface area contributed by atoms with E-state index in [-0.39, 0.29) is 6.54 Å². The smallest absolute Gasteiger partial charge is 0.306 e. The van der Waals surface area contributed by atoms with Gasteiger partial charge in [0, 0.05) is 6.54 Å². The minimum Gasteiger partial charge on any atom is -0.306 e. The number of carbonyl (C=O) groups excluding carboxylic acids is 2. The van der Waals surface area contributed by atoms with Crippen LogP contribution in [0.15, 0.2) is 18.2 Å². The lowest BCUT2D eigenvalue weighted by atomic mass is 10.0. The molecule has 0 aromatic heterocycles. The van der Waals surface area contributed by atoms with Gasteiger partial charge in [0.1, 0.15) is 5.54 Å². The van der Waals surface area contributed by atoms with Crippen molar-refractivity contribution in [2.24, 2.45) is 0 Å². The summed E-state index contributed by atoms with van der Waals surface area (Å²) in [6.45, 7) is 3.22. The molecule has 1 N–H and O–H groups in total. The Balaban J connectivity index is 2.26. The number of benzene rings is 1. The highest BCUT2D eigenvalue weighted by atomic mass is 19.2. The average Bonchev–Trinajstić information content (AvgIpc) is 2.47. The largest absolute Gasteiger partial charge is 0.325 e. The van der Waals surface area contributed by atoms with Crippen molar-refractivity contribution in [1.29, 1.82) is 0 Å². The van der Waals surface area contributed by atoms with Gasteiger partial charge in [-0.15, -0.1) is 0 Å². The fourth-order valence-corrected chi connectivity index (χ4v) is 1.78. The Morgan fingerprint density at radius 2 is 1.89 bits per heavy atom. The van der Waals surface area contributed by atoms with E-state index in [2.05, 4.69) is 5.32 Å². The zero-order valence-electron chi connectivity index (χ0n) is 9.96. The summed E-state index contributed by atoms with van der Waals surface area (Å²) in [5, 5.41) is 2.18. The van der Waals surface area contributed by atoms with Gasteiger partial charge in [0.05, 0.1) is 0 Å². The van der Waals surface area contributed by atoms with E-state index < -0.39 is 29.1 Å². The molecule has 2 rings (SSSR count). The summed E-state index contributed by atoms with van der Waals surface area (Å²) in [6, 6.07) is 2.86. The van der Waals surface area contributed by atoms with Crippen LogP contribution >= 0.6 is 0 Å². The Labute approximate surface area is 103 Å². The summed E-state index contributed by atoms with van der Waals surface area (Å²) in [4.78, 5) is 24.4. The Morgan fingerprint density at radius 3 is 2.39 bits per heavy atom. The number of carbonyl (C=O) groups is 2. The molecule has 0 atom stereocenters. The molecule has 0 radical (unpaired) electrons. The number of rotatable bonds is 2. The van der Waals surface area contributed by atoms with Gasteiger partial charge in [-0.05, 0) is 31.5 Å². The SMILES string of the molecule is CC1(C)C(=O)NC(=O)N1Cc1ccc(F)c(F)c1. The number of urea groups is 1. The molecule has 1 heterocycles. The molecule has 1 saturated heterocycles. The minimum atomic E-state index is -0.998. The molecule has 1 fully saturated rings. The van der Waals surface area contributed by atoms with Crippen molar-refractivity contribution in [2.75, 3.05) is 0 Å². The van der Waals surface area contributed by atoms with Crippen LogP contribution in [0.1, 0.15) is 19.4 Å². The third kappa shape index (κ3) is 1.94. The summed E-state index contributed by atoms with van der Waals surface area (Å²) in [5.74, 6) is -2.33. The summed E-state index contributed by atoms with van der Waals surface area (Å²) in [7, 11) is 0.